The van der Waals surface area contributed by atoms with Crippen LogP contribution in [0.25, 0.3) is 0 Å². The summed E-state index contributed by atoms with van der Waals surface area (Å²) in [5, 5.41) is 13.1. The van der Waals surface area contributed by atoms with E-state index in [2.05, 4.69) is 42.1 Å². The van der Waals surface area contributed by atoms with Crippen molar-refractivity contribution in [2.75, 3.05) is 32.9 Å². The maximum absolute atomic E-state index is 12.8. The van der Waals surface area contributed by atoms with Crippen LogP contribution in [0.15, 0.2) is 21.1 Å². The molecule has 1 atom stereocenters. The van der Waals surface area contributed by atoms with E-state index >= 15 is 0 Å². The lowest BCUT2D eigenvalue weighted by Gasteiger charge is -2.35. The summed E-state index contributed by atoms with van der Waals surface area (Å²) >= 11 is 6.67. The molecular formula is C13H18Br2ClFN2O. The largest absolute Gasteiger partial charge is 0.506 e. The maximum Gasteiger partial charge on any atom is 0.143 e. The van der Waals surface area contributed by atoms with Crippen LogP contribution in [-0.4, -0.2) is 42.9 Å². The van der Waals surface area contributed by atoms with Gasteiger partial charge in [0, 0.05) is 32.2 Å². The second-order valence-electron chi connectivity index (χ2n) is 4.61. The summed E-state index contributed by atoms with van der Waals surface area (Å²) in [6, 6.07) is 3.81. The third-order valence-corrected chi connectivity index (χ3v) is 4.61. The molecule has 2 N–H and O–H groups in total. The third kappa shape index (κ3) is 4.31. The first kappa shape index (κ1) is 18.2. The van der Waals surface area contributed by atoms with Gasteiger partial charge in [-0.1, -0.05) is 0 Å². The van der Waals surface area contributed by atoms with Crippen molar-refractivity contribution in [2.45, 2.75) is 12.5 Å². The molecule has 1 aromatic carbocycles. The summed E-state index contributed by atoms with van der Waals surface area (Å²) in [4.78, 5) is 2.29. The molecule has 2 rings (SSSR count). The van der Waals surface area contributed by atoms with Crippen LogP contribution in [0.3, 0.4) is 0 Å². The summed E-state index contributed by atoms with van der Waals surface area (Å²) in [6.45, 7) is 3.36. The van der Waals surface area contributed by atoms with E-state index in [-0.39, 0.29) is 30.9 Å². The predicted molar refractivity (Wildman–Crippen MR) is 88.5 cm³/mol. The van der Waals surface area contributed by atoms with Gasteiger partial charge in [0.2, 0.25) is 0 Å². The number of phenols is 1. The van der Waals surface area contributed by atoms with E-state index in [1.165, 1.54) is 0 Å². The Kier molecular flexibility index (Phi) is 7.75. The fraction of sp³-hybridized carbons (Fsp3) is 0.538. The number of hydrogen-bond donors (Lipinski definition) is 2. The lowest BCUT2D eigenvalue weighted by Crippen LogP contribution is -2.45. The van der Waals surface area contributed by atoms with Gasteiger partial charge in [0.1, 0.15) is 5.75 Å². The molecule has 1 aliphatic rings. The predicted octanol–water partition coefficient (Wildman–Crippen LogP) is 3.64. The molecule has 7 heteroatoms. The molecule has 1 aliphatic heterocycles. The first-order valence-corrected chi connectivity index (χ1v) is 7.90. The van der Waals surface area contributed by atoms with Crippen LogP contribution in [0.2, 0.25) is 0 Å². The molecule has 0 spiro atoms. The summed E-state index contributed by atoms with van der Waals surface area (Å²) in [5.74, 6) is 0.183. The first-order chi connectivity index (χ1) is 9.13. The Morgan fingerprint density at radius 1 is 1.25 bits per heavy atom. The number of nitrogens with zero attached hydrogens (tertiary/aromatic N) is 1. The molecule has 1 aromatic rings. The number of benzene rings is 1. The minimum absolute atomic E-state index is 0. The Hall–Kier alpha value is 0.120. The Morgan fingerprint density at radius 2 is 1.80 bits per heavy atom. The van der Waals surface area contributed by atoms with Gasteiger partial charge in [-0.15, -0.1) is 12.4 Å². The van der Waals surface area contributed by atoms with Crippen molar-refractivity contribution >= 4 is 44.3 Å². The molecule has 0 amide bonds. The lowest BCUT2D eigenvalue weighted by atomic mass is 10.0. The number of nitrogens with one attached hydrogen (secondary N) is 1. The Bertz CT molecular complexity index is 421. The second-order valence-corrected chi connectivity index (χ2v) is 6.32. The van der Waals surface area contributed by atoms with Crippen LogP contribution in [0, 0.1) is 0 Å². The minimum atomic E-state index is -0.343. The molecule has 20 heavy (non-hydrogen) atoms. The Balaban J connectivity index is 0.00000200. The number of phenolic OH excluding ortho intramolecular Hbond substituents is 1. The van der Waals surface area contributed by atoms with Gasteiger partial charge in [-0.2, -0.15) is 0 Å². The standard InChI is InChI=1S/C13H17Br2FN2O.ClH/c14-10-7-9(8-11(15)13(10)19)12(1-2-16)18-5-3-17-4-6-18;/h7-8,12,17,19H,1-6H2;1H/t12-;/m1./s1. The third-order valence-electron chi connectivity index (χ3n) is 3.40. The fourth-order valence-electron chi connectivity index (χ4n) is 2.43. The molecular weight excluding hydrogens is 414 g/mol. The summed E-state index contributed by atoms with van der Waals surface area (Å²) in [5.41, 5.74) is 1.02. The van der Waals surface area contributed by atoms with Crippen LogP contribution < -0.4 is 5.32 Å². The number of aromatic hydroxyl groups is 1. The monoisotopic (exact) mass is 430 g/mol. The van der Waals surface area contributed by atoms with Crippen molar-refractivity contribution in [3.05, 3.63) is 26.6 Å². The average molecular weight is 433 g/mol. The molecule has 1 heterocycles. The molecule has 0 radical (unpaired) electrons. The molecule has 3 nitrogen and oxygen atoms in total. The van der Waals surface area contributed by atoms with E-state index in [9.17, 15) is 9.50 Å². The van der Waals surface area contributed by atoms with E-state index < -0.39 is 0 Å². The van der Waals surface area contributed by atoms with Crippen molar-refractivity contribution in [1.29, 1.82) is 0 Å². The summed E-state index contributed by atoms with van der Waals surface area (Å²) < 4.78 is 14.1. The van der Waals surface area contributed by atoms with Gasteiger partial charge in [-0.3, -0.25) is 9.29 Å². The van der Waals surface area contributed by atoms with Crippen LogP contribution >= 0.6 is 44.3 Å². The normalized spacial score (nSPS) is 17.6. The molecule has 0 unspecified atom stereocenters. The highest BCUT2D eigenvalue weighted by molar-refractivity contribution is 9.11. The number of rotatable bonds is 4. The average Bonchev–Trinajstić information content (AvgIpc) is 2.42. The van der Waals surface area contributed by atoms with E-state index in [0.717, 1.165) is 31.7 Å². The zero-order chi connectivity index (χ0) is 13.8. The summed E-state index contributed by atoms with van der Waals surface area (Å²) in [6.07, 6.45) is 0.476. The molecule has 0 aliphatic carbocycles. The topological polar surface area (TPSA) is 35.5 Å². The molecule has 0 saturated carbocycles. The zero-order valence-electron chi connectivity index (χ0n) is 10.9. The number of piperazine rings is 1. The van der Waals surface area contributed by atoms with Gasteiger partial charge in [0.05, 0.1) is 15.6 Å². The molecule has 1 saturated heterocycles. The van der Waals surface area contributed by atoms with Crippen LogP contribution in [-0.2, 0) is 0 Å². The van der Waals surface area contributed by atoms with Gasteiger partial charge in [-0.25, -0.2) is 0 Å². The van der Waals surface area contributed by atoms with Crippen molar-refractivity contribution in [1.82, 2.24) is 10.2 Å². The molecule has 114 valence electrons. The van der Waals surface area contributed by atoms with E-state index in [1.807, 2.05) is 12.1 Å². The van der Waals surface area contributed by atoms with Gasteiger partial charge < -0.3 is 10.4 Å². The van der Waals surface area contributed by atoms with E-state index in [1.54, 1.807) is 0 Å². The molecule has 0 bridgehead atoms. The SMILES string of the molecule is Cl.Oc1c(Br)cc([C@@H](CCF)N2CCNCC2)cc1Br. The van der Waals surface area contributed by atoms with Gasteiger partial charge in [0.15, 0.2) is 0 Å². The summed E-state index contributed by atoms with van der Waals surface area (Å²) in [7, 11) is 0. The quantitative estimate of drug-likeness (QED) is 0.763. The number of halogens is 4. The van der Waals surface area contributed by atoms with Crippen molar-refractivity contribution in [3.63, 3.8) is 0 Å². The van der Waals surface area contributed by atoms with Gasteiger partial charge >= 0.3 is 0 Å². The maximum atomic E-state index is 12.8. The van der Waals surface area contributed by atoms with Crippen molar-refractivity contribution < 1.29 is 9.50 Å². The first-order valence-electron chi connectivity index (χ1n) is 6.32. The molecule has 0 aromatic heterocycles. The second kappa shape index (κ2) is 8.54. The van der Waals surface area contributed by atoms with E-state index in [4.69, 9.17) is 0 Å². The van der Waals surface area contributed by atoms with Crippen LogP contribution in [0.4, 0.5) is 4.39 Å². The highest BCUT2D eigenvalue weighted by Crippen LogP contribution is 2.37. The van der Waals surface area contributed by atoms with Gasteiger partial charge in [0.25, 0.3) is 0 Å². The van der Waals surface area contributed by atoms with Crippen molar-refractivity contribution in [3.8, 4) is 5.75 Å². The van der Waals surface area contributed by atoms with Crippen LogP contribution in [0.5, 0.6) is 5.75 Å². The zero-order valence-corrected chi connectivity index (χ0v) is 14.9. The number of alkyl halides is 1. The lowest BCUT2D eigenvalue weighted by molar-refractivity contribution is 0.157. The fourth-order valence-corrected chi connectivity index (χ4v) is 3.66. The number of hydrogen-bond acceptors (Lipinski definition) is 3. The minimum Gasteiger partial charge on any atom is -0.506 e. The molecule has 1 fully saturated rings. The highest BCUT2D eigenvalue weighted by Gasteiger charge is 2.23. The Labute approximate surface area is 141 Å². The van der Waals surface area contributed by atoms with Crippen LogP contribution in [0.1, 0.15) is 18.0 Å². The smallest absolute Gasteiger partial charge is 0.143 e. The highest BCUT2D eigenvalue weighted by atomic mass is 79.9. The Morgan fingerprint density at radius 3 is 2.30 bits per heavy atom. The van der Waals surface area contributed by atoms with Gasteiger partial charge in [-0.05, 0) is 56.0 Å². The van der Waals surface area contributed by atoms with E-state index in [0.29, 0.717) is 15.4 Å². The van der Waals surface area contributed by atoms with Crippen molar-refractivity contribution in [2.24, 2.45) is 0 Å².